The molecular formula is C43H61N3O3. The predicted molar refractivity (Wildman–Crippen MR) is 206 cm³/mol. The van der Waals surface area contributed by atoms with E-state index in [0.29, 0.717) is 19.3 Å². The zero-order valence-electron chi connectivity index (χ0n) is 30.5. The van der Waals surface area contributed by atoms with Gasteiger partial charge >= 0.3 is 0 Å². The maximum atomic E-state index is 12.6. The number of benzene rings is 3. The van der Waals surface area contributed by atoms with E-state index in [9.17, 15) is 14.4 Å². The molecule has 0 aromatic heterocycles. The number of rotatable bonds is 24. The van der Waals surface area contributed by atoms with Gasteiger partial charge in [-0.2, -0.15) is 0 Å². The molecule has 266 valence electrons. The van der Waals surface area contributed by atoms with Crippen molar-refractivity contribution in [3.05, 3.63) is 89.5 Å². The molecule has 3 aromatic rings. The Hall–Kier alpha value is -3.93. The van der Waals surface area contributed by atoms with E-state index in [1.807, 2.05) is 36.4 Å². The van der Waals surface area contributed by atoms with Crippen molar-refractivity contribution in [2.75, 3.05) is 16.0 Å². The van der Waals surface area contributed by atoms with Gasteiger partial charge in [-0.1, -0.05) is 134 Å². The van der Waals surface area contributed by atoms with Gasteiger partial charge in [-0.3, -0.25) is 14.4 Å². The van der Waals surface area contributed by atoms with Crippen LogP contribution in [0, 0.1) is 0 Å². The summed E-state index contributed by atoms with van der Waals surface area (Å²) in [5.41, 5.74) is 5.64. The maximum Gasteiger partial charge on any atom is 0.224 e. The van der Waals surface area contributed by atoms with Crippen molar-refractivity contribution in [2.24, 2.45) is 0 Å². The molecule has 49 heavy (non-hydrogen) atoms. The minimum absolute atomic E-state index is 0.0537. The quantitative estimate of drug-likeness (QED) is 0.0656. The Morgan fingerprint density at radius 2 is 0.633 bits per heavy atom. The molecule has 0 atom stereocenters. The number of nitrogens with one attached hydrogen (secondary N) is 3. The van der Waals surface area contributed by atoms with E-state index in [-0.39, 0.29) is 23.6 Å². The van der Waals surface area contributed by atoms with E-state index in [2.05, 4.69) is 73.1 Å². The lowest BCUT2D eigenvalue weighted by atomic mass is 9.85. The van der Waals surface area contributed by atoms with Gasteiger partial charge in [0, 0.05) is 42.2 Å². The van der Waals surface area contributed by atoms with Crippen LogP contribution in [0.5, 0.6) is 0 Å². The second-order valence-corrected chi connectivity index (χ2v) is 13.4. The van der Waals surface area contributed by atoms with Crippen LogP contribution in [0.25, 0.3) is 0 Å². The standard InChI is InChI=1S/C43H61N3O3/c1-4-7-10-13-16-19-40(47)44-37-28-22-34(23-29-37)43(35-24-30-38(31-25-35)45-41(48)20-17-14-11-8-5-2)36-26-32-39(33-27-36)46-42(49)21-18-15-12-9-6-3/h22-33,43H,4-21H2,1-3H3,(H,44,47)(H,45,48)(H,46,49). The molecule has 0 saturated carbocycles. The molecule has 3 aromatic carbocycles. The molecule has 3 N–H and O–H groups in total. The van der Waals surface area contributed by atoms with Gasteiger partial charge in [-0.05, 0) is 72.4 Å². The van der Waals surface area contributed by atoms with Crippen LogP contribution in [-0.4, -0.2) is 17.7 Å². The zero-order valence-corrected chi connectivity index (χ0v) is 30.5. The van der Waals surface area contributed by atoms with Crippen LogP contribution in [-0.2, 0) is 14.4 Å². The van der Waals surface area contributed by atoms with E-state index in [0.717, 1.165) is 72.3 Å². The molecule has 3 rings (SSSR count). The van der Waals surface area contributed by atoms with Gasteiger partial charge in [0.1, 0.15) is 0 Å². The molecule has 0 aliphatic carbocycles. The molecule has 6 nitrogen and oxygen atoms in total. The minimum Gasteiger partial charge on any atom is -0.326 e. The average Bonchev–Trinajstić information content (AvgIpc) is 3.10. The highest BCUT2D eigenvalue weighted by molar-refractivity contribution is 5.91. The van der Waals surface area contributed by atoms with Crippen molar-refractivity contribution in [1.29, 1.82) is 0 Å². The number of unbranched alkanes of at least 4 members (excludes halogenated alkanes) is 12. The fourth-order valence-electron chi connectivity index (χ4n) is 6.19. The summed E-state index contributed by atoms with van der Waals surface area (Å²) in [6.07, 6.45) is 18.4. The molecule has 0 saturated heterocycles. The van der Waals surface area contributed by atoms with Gasteiger partial charge < -0.3 is 16.0 Å². The summed E-state index contributed by atoms with van der Waals surface area (Å²) in [4.78, 5) is 37.7. The third kappa shape index (κ3) is 15.4. The topological polar surface area (TPSA) is 87.3 Å². The predicted octanol–water partition coefficient (Wildman–Crippen LogP) is 11.8. The Morgan fingerprint density at radius 3 is 0.878 bits per heavy atom. The van der Waals surface area contributed by atoms with Gasteiger partial charge in [0.05, 0.1) is 0 Å². The second kappa shape index (κ2) is 23.4. The van der Waals surface area contributed by atoms with Gasteiger partial charge in [0.25, 0.3) is 0 Å². The summed E-state index contributed by atoms with van der Waals surface area (Å²) in [6, 6.07) is 24.3. The molecule has 6 heteroatoms. The van der Waals surface area contributed by atoms with E-state index in [1.54, 1.807) is 0 Å². The highest BCUT2D eigenvalue weighted by Crippen LogP contribution is 2.34. The van der Waals surface area contributed by atoms with Gasteiger partial charge in [0.2, 0.25) is 17.7 Å². The highest BCUT2D eigenvalue weighted by Gasteiger charge is 2.18. The van der Waals surface area contributed by atoms with Crippen molar-refractivity contribution in [1.82, 2.24) is 0 Å². The number of anilines is 3. The van der Waals surface area contributed by atoms with Crippen molar-refractivity contribution >= 4 is 34.8 Å². The summed E-state index contributed by atoms with van der Waals surface area (Å²) in [5, 5.41) is 9.18. The van der Waals surface area contributed by atoms with E-state index < -0.39 is 0 Å². The smallest absolute Gasteiger partial charge is 0.224 e. The van der Waals surface area contributed by atoms with Crippen LogP contribution < -0.4 is 16.0 Å². The van der Waals surface area contributed by atoms with E-state index in [4.69, 9.17) is 0 Å². The van der Waals surface area contributed by atoms with Crippen LogP contribution in [0.2, 0.25) is 0 Å². The number of amides is 3. The van der Waals surface area contributed by atoms with Crippen molar-refractivity contribution in [3.8, 4) is 0 Å². The molecule has 0 aliphatic rings. The molecular weight excluding hydrogens is 606 g/mol. The summed E-state index contributed by atoms with van der Waals surface area (Å²) in [6.45, 7) is 6.58. The highest BCUT2D eigenvalue weighted by atomic mass is 16.2. The van der Waals surface area contributed by atoms with Crippen molar-refractivity contribution in [2.45, 2.75) is 142 Å². The Bertz CT molecular complexity index is 1200. The zero-order chi connectivity index (χ0) is 35.1. The lowest BCUT2D eigenvalue weighted by Gasteiger charge is -2.20. The molecule has 0 unspecified atom stereocenters. The molecule has 3 amide bonds. The molecule has 0 fully saturated rings. The number of carbonyl (C=O) groups is 3. The van der Waals surface area contributed by atoms with Gasteiger partial charge in [-0.25, -0.2) is 0 Å². The number of hydrogen-bond donors (Lipinski definition) is 3. The third-order valence-corrected chi connectivity index (χ3v) is 9.11. The van der Waals surface area contributed by atoms with E-state index >= 15 is 0 Å². The van der Waals surface area contributed by atoms with Crippen LogP contribution in [0.1, 0.15) is 159 Å². The lowest BCUT2D eigenvalue weighted by Crippen LogP contribution is -2.12. The number of carbonyl (C=O) groups excluding carboxylic acids is 3. The average molecular weight is 668 g/mol. The Labute approximate surface area is 296 Å². The Balaban J connectivity index is 1.71. The molecule has 0 bridgehead atoms. The molecule has 0 aliphatic heterocycles. The Morgan fingerprint density at radius 1 is 0.388 bits per heavy atom. The van der Waals surface area contributed by atoms with Crippen LogP contribution >= 0.6 is 0 Å². The normalized spacial score (nSPS) is 11.0. The molecule has 0 spiro atoms. The summed E-state index contributed by atoms with van der Waals surface area (Å²) in [7, 11) is 0. The first-order valence-electron chi connectivity index (χ1n) is 19.1. The fraction of sp³-hybridized carbons (Fsp3) is 0.512. The van der Waals surface area contributed by atoms with Crippen LogP contribution in [0.3, 0.4) is 0 Å². The van der Waals surface area contributed by atoms with E-state index in [1.165, 1.54) is 57.8 Å². The second-order valence-electron chi connectivity index (χ2n) is 13.4. The first-order valence-corrected chi connectivity index (χ1v) is 19.1. The number of hydrogen-bond acceptors (Lipinski definition) is 3. The van der Waals surface area contributed by atoms with Crippen LogP contribution in [0.15, 0.2) is 72.8 Å². The van der Waals surface area contributed by atoms with Gasteiger partial charge in [0.15, 0.2) is 0 Å². The van der Waals surface area contributed by atoms with Gasteiger partial charge in [-0.15, -0.1) is 0 Å². The molecule has 0 radical (unpaired) electrons. The largest absolute Gasteiger partial charge is 0.326 e. The van der Waals surface area contributed by atoms with Crippen molar-refractivity contribution in [3.63, 3.8) is 0 Å². The first kappa shape index (κ1) is 39.5. The fourth-order valence-corrected chi connectivity index (χ4v) is 6.19. The minimum atomic E-state index is -0.0741. The summed E-state index contributed by atoms with van der Waals surface area (Å²) in [5.74, 6) is 0.0870. The summed E-state index contributed by atoms with van der Waals surface area (Å²) < 4.78 is 0. The summed E-state index contributed by atoms with van der Waals surface area (Å²) >= 11 is 0. The van der Waals surface area contributed by atoms with Crippen molar-refractivity contribution < 1.29 is 14.4 Å². The third-order valence-electron chi connectivity index (χ3n) is 9.11. The maximum absolute atomic E-state index is 12.6. The molecule has 0 heterocycles. The SMILES string of the molecule is CCCCCCCC(=O)Nc1ccc(C(c2ccc(NC(=O)CCCCCCC)cc2)c2ccc(NC(=O)CCCCCCC)cc2)cc1. The first-order chi connectivity index (χ1) is 23.9. The lowest BCUT2D eigenvalue weighted by molar-refractivity contribution is -0.117. The van der Waals surface area contributed by atoms with Crippen LogP contribution in [0.4, 0.5) is 17.1 Å². The Kier molecular flexibility index (Phi) is 18.9. The monoisotopic (exact) mass is 667 g/mol.